The number of rotatable bonds is 1. The Balaban J connectivity index is 2.41. The van der Waals surface area contributed by atoms with Crippen LogP contribution < -0.4 is 4.74 Å². The lowest BCUT2D eigenvalue weighted by molar-refractivity contribution is 0.413. The van der Waals surface area contributed by atoms with Crippen LogP contribution in [0.15, 0.2) is 18.2 Å². The Morgan fingerprint density at radius 1 is 1.46 bits per heavy atom. The van der Waals surface area contributed by atoms with Crippen LogP contribution in [0.5, 0.6) is 5.75 Å². The quantitative estimate of drug-likeness (QED) is 0.567. The molecule has 0 fully saturated rings. The predicted octanol–water partition coefficient (Wildman–Crippen LogP) is 3.51. The second kappa shape index (κ2) is 3.86. The van der Waals surface area contributed by atoms with Gasteiger partial charge in [-0.3, -0.25) is 0 Å². The first-order chi connectivity index (χ1) is 6.31. The van der Waals surface area contributed by atoms with Gasteiger partial charge in [0.1, 0.15) is 5.75 Å². The normalized spacial score (nSPS) is 20.9. The lowest BCUT2D eigenvalue weighted by Crippen LogP contribution is -2.04. The van der Waals surface area contributed by atoms with Crippen molar-refractivity contribution in [1.29, 1.82) is 0 Å². The average molecular weight is 288 g/mol. The van der Waals surface area contributed by atoms with E-state index in [0.29, 0.717) is 3.92 Å². The summed E-state index contributed by atoms with van der Waals surface area (Å²) in [6, 6.07) is 6.46. The average Bonchev–Trinajstić information content (AvgIpc) is 2.18. The molecule has 2 heteroatoms. The molecule has 0 aromatic heterocycles. The molecular formula is C11H13IO. The number of hydrogen-bond donors (Lipinski definition) is 0. The summed E-state index contributed by atoms with van der Waals surface area (Å²) in [7, 11) is 1.73. The van der Waals surface area contributed by atoms with Crippen molar-refractivity contribution in [2.45, 2.75) is 23.2 Å². The molecule has 2 rings (SSSR count). The number of ether oxygens (including phenoxy) is 1. The third kappa shape index (κ3) is 1.82. The van der Waals surface area contributed by atoms with E-state index >= 15 is 0 Å². The van der Waals surface area contributed by atoms with Crippen LogP contribution in [0.25, 0.3) is 0 Å². The van der Waals surface area contributed by atoms with Gasteiger partial charge in [0, 0.05) is 3.92 Å². The standard InChI is InChI=1S/C11H13IO/c1-13-9-6-5-8-3-2-4-11(12)10(8)7-9/h5-7,11H,2-4H2,1H3. The smallest absolute Gasteiger partial charge is 0.119 e. The molecule has 0 radical (unpaired) electrons. The molecule has 1 atom stereocenters. The molecule has 0 saturated carbocycles. The van der Waals surface area contributed by atoms with E-state index in [0.717, 1.165) is 5.75 Å². The minimum Gasteiger partial charge on any atom is -0.497 e. The van der Waals surface area contributed by atoms with Gasteiger partial charge in [-0.15, -0.1) is 0 Å². The van der Waals surface area contributed by atoms with Crippen LogP contribution in [0.4, 0.5) is 0 Å². The largest absolute Gasteiger partial charge is 0.497 e. The molecule has 1 aliphatic rings. The molecular weight excluding hydrogens is 275 g/mol. The van der Waals surface area contributed by atoms with E-state index in [2.05, 4.69) is 40.8 Å². The Hall–Kier alpha value is -0.250. The second-order valence-corrected chi connectivity index (χ2v) is 4.93. The van der Waals surface area contributed by atoms with E-state index in [1.807, 2.05) is 0 Å². The lowest BCUT2D eigenvalue weighted by atomic mass is 9.92. The van der Waals surface area contributed by atoms with Crippen LogP contribution >= 0.6 is 22.6 Å². The van der Waals surface area contributed by atoms with Gasteiger partial charge in [0.15, 0.2) is 0 Å². The molecule has 0 bridgehead atoms. The van der Waals surface area contributed by atoms with Gasteiger partial charge in [0.25, 0.3) is 0 Å². The minimum atomic E-state index is 0.677. The zero-order valence-electron chi connectivity index (χ0n) is 7.72. The van der Waals surface area contributed by atoms with Gasteiger partial charge in [-0.2, -0.15) is 0 Å². The Kier molecular flexibility index (Phi) is 2.77. The zero-order chi connectivity index (χ0) is 9.26. The maximum Gasteiger partial charge on any atom is 0.119 e. The fraction of sp³-hybridized carbons (Fsp3) is 0.455. The summed E-state index contributed by atoms with van der Waals surface area (Å²) in [5, 5.41) is 0. The summed E-state index contributed by atoms with van der Waals surface area (Å²) in [5.41, 5.74) is 2.98. The number of benzene rings is 1. The van der Waals surface area contributed by atoms with Crippen molar-refractivity contribution in [2.24, 2.45) is 0 Å². The number of methoxy groups -OCH3 is 1. The van der Waals surface area contributed by atoms with Crippen LogP contribution in [-0.4, -0.2) is 7.11 Å². The van der Waals surface area contributed by atoms with Gasteiger partial charge in [-0.05, 0) is 42.5 Å². The van der Waals surface area contributed by atoms with Crippen LogP contribution in [0.2, 0.25) is 0 Å². The molecule has 0 aliphatic heterocycles. The predicted molar refractivity (Wildman–Crippen MR) is 62.7 cm³/mol. The van der Waals surface area contributed by atoms with Gasteiger partial charge in [0.05, 0.1) is 7.11 Å². The molecule has 70 valence electrons. The van der Waals surface area contributed by atoms with Gasteiger partial charge in [0.2, 0.25) is 0 Å². The van der Waals surface area contributed by atoms with E-state index in [1.54, 1.807) is 7.11 Å². The molecule has 0 saturated heterocycles. The van der Waals surface area contributed by atoms with E-state index in [4.69, 9.17) is 4.74 Å². The fourth-order valence-corrected chi connectivity index (χ4v) is 2.87. The molecule has 0 N–H and O–H groups in total. The van der Waals surface area contributed by atoms with E-state index in [9.17, 15) is 0 Å². The van der Waals surface area contributed by atoms with E-state index in [-0.39, 0.29) is 0 Å². The van der Waals surface area contributed by atoms with Crippen LogP contribution in [-0.2, 0) is 6.42 Å². The summed E-state index contributed by atoms with van der Waals surface area (Å²) in [5.74, 6) is 0.988. The molecule has 1 aromatic carbocycles. The SMILES string of the molecule is COc1ccc2c(c1)C(I)CCC2. The topological polar surface area (TPSA) is 9.23 Å². The monoisotopic (exact) mass is 288 g/mol. The molecule has 1 nitrogen and oxygen atoms in total. The van der Waals surface area contributed by atoms with Crippen molar-refractivity contribution < 1.29 is 4.74 Å². The summed E-state index contributed by atoms with van der Waals surface area (Å²) in [6.45, 7) is 0. The molecule has 0 spiro atoms. The van der Waals surface area contributed by atoms with Crippen LogP contribution in [0, 0.1) is 0 Å². The van der Waals surface area contributed by atoms with Gasteiger partial charge >= 0.3 is 0 Å². The first-order valence-electron chi connectivity index (χ1n) is 4.62. The highest BCUT2D eigenvalue weighted by molar-refractivity contribution is 14.1. The van der Waals surface area contributed by atoms with Crippen molar-refractivity contribution in [3.05, 3.63) is 29.3 Å². The molecule has 0 amide bonds. The number of alkyl halides is 1. The number of fused-ring (bicyclic) bond motifs is 1. The molecule has 1 unspecified atom stereocenters. The van der Waals surface area contributed by atoms with Crippen molar-refractivity contribution in [3.8, 4) is 5.75 Å². The van der Waals surface area contributed by atoms with Crippen molar-refractivity contribution >= 4 is 22.6 Å². The van der Waals surface area contributed by atoms with E-state index in [1.165, 1.54) is 30.4 Å². The molecule has 1 aromatic rings. The number of aryl methyl sites for hydroxylation is 1. The molecule has 13 heavy (non-hydrogen) atoms. The maximum atomic E-state index is 5.23. The first kappa shape index (κ1) is 9.31. The highest BCUT2D eigenvalue weighted by Gasteiger charge is 2.17. The van der Waals surface area contributed by atoms with Crippen LogP contribution in [0.1, 0.15) is 27.9 Å². The summed E-state index contributed by atoms with van der Waals surface area (Å²) >= 11 is 2.53. The Morgan fingerprint density at radius 3 is 3.08 bits per heavy atom. The second-order valence-electron chi connectivity index (χ2n) is 3.42. The summed E-state index contributed by atoms with van der Waals surface area (Å²) in [4.78, 5) is 0. The number of halogens is 1. The summed E-state index contributed by atoms with van der Waals surface area (Å²) in [6.07, 6.45) is 3.87. The molecule has 0 heterocycles. The van der Waals surface area contributed by atoms with Crippen molar-refractivity contribution in [3.63, 3.8) is 0 Å². The number of hydrogen-bond acceptors (Lipinski definition) is 1. The maximum absolute atomic E-state index is 5.23. The Labute approximate surface area is 92.6 Å². The minimum absolute atomic E-state index is 0.677. The van der Waals surface area contributed by atoms with Crippen LogP contribution in [0.3, 0.4) is 0 Å². The third-order valence-corrected chi connectivity index (χ3v) is 3.89. The fourth-order valence-electron chi connectivity index (χ4n) is 1.85. The lowest BCUT2D eigenvalue weighted by Gasteiger charge is -2.21. The highest BCUT2D eigenvalue weighted by Crippen LogP contribution is 2.37. The van der Waals surface area contributed by atoms with E-state index < -0.39 is 0 Å². The van der Waals surface area contributed by atoms with Gasteiger partial charge < -0.3 is 4.74 Å². The molecule has 1 aliphatic carbocycles. The van der Waals surface area contributed by atoms with Crippen molar-refractivity contribution in [2.75, 3.05) is 7.11 Å². The Bertz CT molecular complexity index is 309. The third-order valence-electron chi connectivity index (χ3n) is 2.59. The van der Waals surface area contributed by atoms with Gasteiger partial charge in [-0.1, -0.05) is 28.7 Å². The summed E-state index contributed by atoms with van der Waals surface area (Å²) < 4.78 is 5.90. The highest BCUT2D eigenvalue weighted by atomic mass is 127. The zero-order valence-corrected chi connectivity index (χ0v) is 9.87. The van der Waals surface area contributed by atoms with Gasteiger partial charge in [-0.25, -0.2) is 0 Å². The first-order valence-corrected chi connectivity index (χ1v) is 5.86. The van der Waals surface area contributed by atoms with Crippen molar-refractivity contribution in [1.82, 2.24) is 0 Å². The Morgan fingerprint density at radius 2 is 2.31 bits per heavy atom.